The minimum atomic E-state index is 0.453. The van der Waals surface area contributed by atoms with Crippen LogP contribution < -0.4 is 15.5 Å². The number of rotatable bonds is 7. The summed E-state index contributed by atoms with van der Waals surface area (Å²) in [5.41, 5.74) is 5.88. The van der Waals surface area contributed by atoms with Crippen LogP contribution in [0.25, 0.3) is 0 Å². The third-order valence-corrected chi connectivity index (χ3v) is 4.40. The van der Waals surface area contributed by atoms with Crippen LogP contribution in [0.5, 0.6) is 5.75 Å². The summed E-state index contributed by atoms with van der Waals surface area (Å²) in [4.78, 5) is 0. The molecule has 3 rings (SSSR count). The van der Waals surface area contributed by atoms with Crippen LogP contribution in [0.15, 0.2) is 84.0 Å². The fraction of sp³-hybridized carbons (Fsp3) is 0.0909. The maximum Gasteiger partial charge on any atom is 0.187 e. The number of hydrogen-bond donors (Lipinski definition) is 2. The van der Waals surface area contributed by atoms with E-state index >= 15 is 0 Å². The van der Waals surface area contributed by atoms with E-state index < -0.39 is 0 Å². The zero-order chi connectivity index (χ0) is 19.6. The Bertz CT molecular complexity index is 933. The Morgan fingerprint density at radius 2 is 1.64 bits per heavy atom. The molecule has 0 fully saturated rings. The van der Waals surface area contributed by atoms with Crippen molar-refractivity contribution >= 4 is 35.1 Å². The molecule has 3 aromatic carbocycles. The van der Waals surface area contributed by atoms with Crippen molar-refractivity contribution in [2.24, 2.45) is 5.10 Å². The van der Waals surface area contributed by atoms with Crippen LogP contribution in [-0.4, -0.2) is 11.3 Å². The molecule has 0 heterocycles. The van der Waals surface area contributed by atoms with Crippen LogP contribution in [-0.2, 0) is 13.2 Å². The molecule has 0 aliphatic carbocycles. The number of hydrazone groups is 1. The van der Waals surface area contributed by atoms with Crippen molar-refractivity contribution in [3.05, 3.63) is 101 Å². The van der Waals surface area contributed by atoms with Gasteiger partial charge in [-0.3, -0.25) is 5.43 Å². The summed E-state index contributed by atoms with van der Waals surface area (Å²) in [5, 5.41) is 8.22. The highest BCUT2D eigenvalue weighted by Gasteiger charge is 2.03. The van der Waals surface area contributed by atoms with E-state index in [0.29, 0.717) is 29.0 Å². The number of ether oxygens (including phenoxy) is 1. The highest BCUT2D eigenvalue weighted by Crippen LogP contribution is 2.25. The van der Waals surface area contributed by atoms with Gasteiger partial charge in [0, 0.05) is 6.54 Å². The molecule has 3 aromatic rings. The molecule has 0 saturated heterocycles. The predicted molar refractivity (Wildman–Crippen MR) is 119 cm³/mol. The highest BCUT2D eigenvalue weighted by atomic mass is 35.5. The second-order valence-electron chi connectivity index (χ2n) is 6.00. The lowest BCUT2D eigenvalue weighted by molar-refractivity contribution is 0.306. The molecule has 0 radical (unpaired) electrons. The maximum atomic E-state index is 6.31. The molecule has 6 heteroatoms. The Kier molecular flexibility index (Phi) is 7.41. The van der Waals surface area contributed by atoms with E-state index in [1.165, 1.54) is 0 Å². The number of thiocarbonyl (C=S) groups is 1. The van der Waals surface area contributed by atoms with Gasteiger partial charge in [0.1, 0.15) is 12.4 Å². The third kappa shape index (κ3) is 6.37. The van der Waals surface area contributed by atoms with E-state index in [0.717, 1.165) is 16.7 Å². The fourth-order valence-electron chi connectivity index (χ4n) is 2.43. The van der Waals surface area contributed by atoms with Gasteiger partial charge in [0.2, 0.25) is 0 Å². The number of halogens is 1. The minimum Gasteiger partial charge on any atom is -0.487 e. The van der Waals surface area contributed by atoms with E-state index in [2.05, 4.69) is 15.8 Å². The zero-order valence-corrected chi connectivity index (χ0v) is 16.7. The van der Waals surface area contributed by atoms with E-state index in [-0.39, 0.29) is 0 Å². The maximum absolute atomic E-state index is 6.31. The number of nitrogens with zero attached hydrogens (tertiary/aromatic N) is 1. The smallest absolute Gasteiger partial charge is 0.187 e. The van der Waals surface area contributed by atoms with Crippen molar-refractivity contribution in [2.45, 2.75) is 13.2 Å². The SMILES string of the molecule is S=C(NCc1ccccc1)N/N=C\c1ccc(OCc2ccccc2)c(Cl)c1. The van der Waals surface area contributed by atoms with Crippen LogP contribution in [0.1, 0.15) is 16.7 Å². The second kappa shape index (κ2) is 10.4. The summed E-state index contributed by atoms with van der Waals surface area (Å²) in [6.45, 7) is 1.11. The zero-order valence-electron chi connectivity index (χ0n) is 15.1. The molecular formula is C22H20ClN3OS. The second-order valence-corrected chi connectivity index (χ2v) is 6.82. The van der Waals surface area contributed by atoms with Gasteiger partial charge in [-0.25, -0.2) is 0 Å². The standard InChI is InChI=1S/C22H20ClN3OS/c23-20-13-19(11-12-21(20)27-16-18-9-5-2-6-10-18)15-25-26-22(28)24-14-17-7-3-1-4-8-17/h1-13,15H,14,16H2,(H2,24,26,28)/b25-15-. The van der Waals surface area contributed by atoms with E-state index in [4.69, 9.17) is 28.6 Å². The van der Waals surface area contributed by atoms with Gasteiger partial charge in [0.25, 0.3) is 0 Å². The first-order valence-electron chi connectivity index (χ1n) is 8.78. The molecule has 0 saturated carbocycles. The average Bonchev–Trinajstić information content (AvgIpc) is 2.73. The van der Waals surface area contributed by atoms with Crippen molar-refractivity contribution in [3.63, 3.8) is 0 Å². The summed E-state index contributed by atoms with van der Waals surface area (Å²) in [5.74, 6) is 0.635. The molecule has 142 valence electrons. The number of benzene rings is 3. The van der Waals surface area contributed by atoms with Crippen LogP contribution in [0.4, 0.5) is 0 Å². The van der Waals surface area contributed by atoms with Gasteiger partial charge in [0.05, 0.1) is 11.2 Å². The molecule has 0 aliphatic rings. The molecule has 0 aromatic heterocycles. The van der Waals surface area contributed by atoms with Gasteiger partial charge in [-0.2, -0.15) is 5.10 Å². The quantitative estimate of drug-likeness (QED) is 0.330. The predicted octanol–water partition coefficient (Wildman–Crippen LogP) is 4.92. The van der Waals surface area contributed by atoms with Crippen LogP contribution >= 0.6 is 23.8 Å². The van der Waals surface area contributed by atoms with Gasteiger partial charge in [-0.05, 0) is 47.1 Å². The Balaban J connectivity index is 1.47. The highest BCUT2D eigenvalue weighted by molar-refractivity contribution is 7.80. The van der Waals surface area contributed by atoms with Crippen molar-refractivity contribution in [1.82, 2.24) is 10.7 Å². The van der Waals surface area contributed by atoms with Crippen molar-refractivity contribution in [3.8, 4) is 5.75 Å². The third-order valence-electron chi connectivity index (χ3n) is 3.87. The van der Waals surface area contributed by atoms with Gasteiger partial charge in [-0.15, -0.1) is 0 Å². The summed E-state index contributed by atoms with van der Waals surface area (Å²) >= 11 is 11.5. The van der Waals surface area contributed by atoms with E-state index in [1.807, 2.05) is 72.8 Å². The summed E-state index contributed by atoms with van der Waals surface area (Å²) in [7, 11) is 0. The molecule has 0 atom stereocenters. The van der Waals surface area contributed by atoms with Gasteiger partial charge < -0.3 is 10.1 Å². The monoisotopic (exact) mass is 409 g/mol. The van der Waals surface area contributed by atoms with Crippen molar-refractivity contribution in [1.29, 1.82) is 0 Å². The van der Waals surface area contributed by atoms with Gasteiger partial charge in [0.15, 0.2) is 5.11 Å². The van der Waals surface area contributed by atoms with Crippen LogP contribution in [0.2, 0.25) is 5.02 Å². The van der Waals surface area contributed by atoms with Crippen molar-refractivity contribution < 1.29 is 4.74 Å². The first kappa shape index (κ1) is 19.9. The van der Waals surface area contributed by atoms with Crippen LogP contribution in [0, 0.1) is 0 Å². The van der Waals surface area contributed by atoms with E-state index in [9.17, 15) is 0 Å². The summed E-state index contributed by atoms with van der Waals surface area (Å²) in [6, 6.07) is 25.5. The average molecular weight is 410 g/mol. The molecule has 0 spiro atoms. The number of hydrogen-bond acceptors (Lipinski definition) is 3. The Morgan fingerprint density at radius 1 is 0.964 bits per heavy atom. The van der Waals surface area contributed by atoms with Crippen molar-refractivity contribution in [2.75, 3.05) is 0 Å². The fourth-order valence-corrected chi connectivity index (χ4v) is 2.80. The molecule has 0 aliphatic heterocycles. The summed E-state index contributed by atoms with van der Waals surface area (Å²) in [6.07, 6.45) is 1.66. The lowest BCUT2D eigenvalue weighted by Gasteiger charge is -2.09. The molecule has 2 N–H and O–H groups in total. The molecule has 0 unspecified atom stereocenters. The molecular weight excluding hydrogens is 390 g/mol. The lowest BCUT2D eigenvalue weighted by atomic mass is 10.2. The molecule has 4 nitrogen and oxygen atoms in total. The molecule has 0 bridgehead atoms. The topological polar surface area (TPSA) is 45.7 Å². The lowest BCUT2D eigenvalue weighted by Crippen LogP contribution is -2.31. The number of nitrogens with one attached hydrogen (secondary N) is 2. The van der Waals surface area contributed by atoms with Gasteiger partial charge in [-0.1, -0.05) is 72.3 Å². The van der Waals surface area contributed by atoms with E-state index in [1.54, 1.807) is 12.3 Å². The normalized spacial score (nSPS) is 10.6. The minimum absolute atomic E-state index is 0.453. The molecule has 0 amide bonds. The Morgan fingerprint density at radius 3 is 2.32 bits per heavy atom. The van der Waals surface area contributed by atoms with Crippen LogP contribution in [0.3, 0.4) is 0 Å². The largest absolute Gasteiger partial charge is 0.487 e. The Hall–Kier alpha value is -2.89. The first-order chi connectivity index (χ1) is 13.7. The summed E-state index contributed by atoms with van der Waals surface area (Å²) < 4.78 is 5.77. The molecule has 28 heavy (non-hydrogen) atoms. The Labute approximate surface area is 175 Å². The van der Waals surface area contributed by atoms with Gasteiger partial charge >= 0.3 is 0 Å². The first-order valence-corrected chi connectivity index (χ1v) is 9.56.